The fourth-order valence-electron chi connectivity index (χ4n) is 3.33. The zero-order valence-corrected chi connectivity index (χ0v) is 16.5. The van der Waals surface area contributed by atoms with Gasteiger partial charge in [0.25, 0.3) is 11.8 Å². The van der Waals surface area contributed by atoms with Crippen LogP contribution < -0.4 is 5.32 Å². The molecule has 1 aromatic heterocycles. The van der Waals surface area contributed by atoms with E-state index < -0.39 is 11.9 Å². The Morgan fingerprint density at radius 2 is 1.69 bits per heavy atom. The molecule has 2 amide bonds. The Balaban J connectivity index is 1.67. The van der Waals surface area contributed by atoms with Gasteiger partial charge in [-0.2, -0.15) is 0 Å². The SMILES string of the molecule is Cc1nc(C(=O)Nc2ccc(C(=O)N3CC(C)OC(C)C3)cc2)ccc1C(=O)O. The number of carboxylic acid groups (broad SMARTS) is 1. The van der Waals surface area contributed by atoms with Crippen molar-refractivity contribution in [3.63, 3.8) is 0 Å². The van der Waals surface area contributed by atoms with E-state index in [-0.39, 0.29) is 35.1 Å². The molecule has 2 aromatic rings. The van der Waals surface area contributed by atoms with E-state index in [1.165, 1.54) is 19.1 Å². The monoisotopic (exact) mass is 397 g/mol. The number of carbonyl (C=O) groups is 3. The summed E-state index contributed by atoms with van der Waals surface area (Å²) in [5.41, 5.74) is 1.47. The summed E-state index contributed by atoms with van der Waals surface area (Å²) in [4.78, 5) is 41.9. The van der Waals surface area contributed by atoms with Crippen molar-refractivity contribution in [1.82, 2.24) is 9.88 Å². The van der Waals surface area contributed by atoms with Crippen LogP contribution in [0.2, 0.25) is 0 Å². The number of aryl methyl sites for hydroxylation is 1. The first kappa shape index (κ1) is 20.5. The van der Waals surface area contributed by atoms with Gasteiger partial charge in [0.15, 0.2) is 0 Å². The van der Waals surface area contributed by atoms with E-state index in [0.29, 0.717) is 24.3 Å². The molecular formula is C21H23N3O5. The summed E-state index contributed by atoms with van der Waals surface area (Å²) in [6.45, 7) is 6.49. The minimum Gasteiger partial charge on any atom is -0.478 e. The van der Waals surface area contributed by atoms with Crippen LogP contribution >= 0.6 is 0 Å². The number of carboxylic acids is 1. The number of nitrogens with one attached hydrogen (secondary N) is 1. The summed E-state index contributed by atoms with van der Waals surface area (Å²) in [5, 5.41) is 11.7. The molecule has 2 N–H and O–H groups in total. The maximum atomic E-state index is 12.7. The largest absolute Gasteiger partial charge is 0.478 e. The van der Waals surface area contributed by atoms with Crippen molar-refractivity contribution in [2.45, 2.75) is 33.0 Å². The van der Waals surface area contributed by atoms with Crippen LogP contribution in [-0.2, 0) is 4.74 Å². The summed E-state index contributed by atoms with van der Waals surface area (Å²) in [6, 6.07) is 9.34. The second-order valence-corrected chi connectivity index (χ2v) is 7.13. The molecule has 2 unspecified atom stereocenters. The van der Waals surface area contributed by atoms with Crippen LogP contribution in [0.4, 0.5) is 5.69 Å². The van der Waals surface area contributed by atoms with Crippen molar-refractivity contribution >= 4 is 23.5 Å². The zero-order chi connectivity index (χ0) is 21.1. The number of anilines is 1. The number of benzene rings is 1. The van der Waals surface area contributed by atoms with Gasteiger partial charge in [-0.25, -0.2) is 9.78 Å². The maximum absolute atomic E-state index is 12.7. The average molecular weight is 397 g/mol. The lowest BCUT2D eigenvalue weighted by molar-refractivity contribution is -0.0586. The molecule has 29 heavy (non-hydrogen) atoms. The fourth-order valence-corrected chi connectivity index (χ4v) is 3.33. The van der Waals surface area contributed by atoms with Gasteiger partial charge in [-0.1, -0.05) is 0 Å². The van der Waals surface area contributed by atoms with Crippen LogP contribution in [0, 0.1) is 6.92 Å². The number of rotatable bonds is 4. The minimum absolute atomic E-state index is 0.00951. The molecular weight excluding hydrogens is 374 g/mol. The molecule has 0 aliphatic carbocycles. The maximum Gasteiger partial charge on any atom is 0.337 e. The van der Waals surface area contributed by atoms with Gasteiger partial charge in [0.05, 0.1) is 23.5 Å². The number of pyridine rings is 1. The number of aromatic carboxylic acids is 1. The van der Waals surface area contributed by atoms with Crippen LogP contribution in [0.3, 0.4) is 0 Å². The third-order valence-electron chi connectivity index (χ3n) is 4.65. The smallest absolute Gasteiger partial charge is 0.337 e. The Morgan fingerprint density at radius 3 is 2.24 bits per heavy atom. The molecule has 1 fully saturated rings. The van der Waals surface area contributed by atoms with E-state index in [1.54, 1.807) is 29.2 Å². The highest BCUT2D eigenvalue weighted by Crippen LogP contribution is 2.17. The molecule has 1 aliphatic heterocycles. The van der Waals surface area contributed by atoms with Crippen LogP contribution in [0.5, 0.6) is 0 Å². The third kappa shape index (κ3) is 4.78. The van der Waals surface area contributed by atoms with Gasteiger partial charge >= 0.3 is 5.97 Å². The highest BCUT2D eigenvalue weighted by molar-refractivity contribution is 6.03. The van der Waals surface area contributed by atoms with Gasteiger partial charge in [0.1, 0.15) is 5.69 Å². The van der Waals surface area contributed by atoms with Crippen molar-refractivity contribution in [2.24, 2.45) is 0 Å². The van der Waals surface area contributed by atoms with Crippen LogP contribution in [0.1, 0.15) is 50.7 Å². The number of hydrogen-bond acceptors (Lipinski definition) is 5. The van der Waals surface area contributed by atoms with Crippen LogP contribution in [0.25, 0.3) is 0 Å². The fraction of sp³-hybridized carbons (Fsp3) is 0.333. The molecule has 152 valence electrons. The molecule has 3 rings (SSSR count). The van der Waals surface area contributed by atoms with Gasteiger partial charge in [-0.15, -0.1) is 0 Å². The molecule has 8 heteroatoms. The van der Waals surface area contributed by atoms with E-state index in [1.807, 2.05) is 13.8 Å². The molecule has 1 saturated heterocycles. The van der Waals surface area contributed by atoms with Crippen LogP contribution in [0.15, 0.2) is 36.4 Å². The quantitative estimate of drug-likeness (QED) is 0.821. The van der Waals surface area contributed by atoms with Crippen molar-refractivity contribution in [2.75, 3.05) is 18.4 Å². The predicted octanol–water partition coefficient (Wildman–Crippen LogP) is 2.59. The molecule has 1 aliphatic rings. The number of ether oxygens (including phenoxy) is 1. The van der Waals surface area contributed by atoms with Gasteiger partial charge in [0, 0.05) is 24.3 Å². The lowest BCUT2D eigenvalue weighted by Crippen LogP contribution is -2.48. The van der Waals surface area contributed by atoms with Gasteiger partial charge < -0.3 is 20.1 Å². The van der Waals surface area contributed by atoms with Gasteiger partial charge in [0.2, 0.25) is 0 Å². The molecule has 0 saturated carbocycles. The molecule has 8 nitrogen and oxygen atoms in total. The van der Waals surface area contributed by atoms with Gasteiger partial charge in [-0.05, 0) is 57.2 Å². The van der Waals surface area contributed by atoms with Crippen molar-refractivity contribution < 1.29 is 24.2 Å². The first-order chi connectivity index (χ1) is 13.7. The zero-order valence-electron chi connectivity index (χ0n) is 16.5. The van der Waals surface area contributed by atoms with Crippen molar-refractivity contribution in [3.8, 4) is 0 Å². The lowest BCUT2D eigenvalue weighted by atomic mass is 10.1. The normalized spacial score (nSPS) is 18.9. The van der Waals surface area contributed by atoms with E-state index in [2.05, 4.69) is 10.3 Å². The molecule has 0 bridgehead atoms. The van der Waals surface area contributed by atoms with Crippen molar-refractivity contribution in [3.05, 3.63) is 58.9 Å². The minimum atomic E-state index is -1.09. The van der Waals surface area contributed by atoms with E-state index in [4.69, 9.17) is 9.84 Å². The Hall–Kier alpha value is -3.26. The number of morpholine rings is 1. The standard InChI is InChI=1S/C21H23N3O5/c1-12-10-24(11-13(2)29-12)20(26)15-4-6-16(7-5-15)23-19(25)18-9-8-17(21(27)28)14(3)22-18/h4-9,12-13H,10-11H2,1-3H3,(H,23,25)(H,27,28). The van der Waals surface area contributed by atoms with Crippen LogP contribution in [-0.4, -0.2) is 58.1 Å². The molecule has 2 atom stereocenters. The number of hydrogen-bond donors (Lipinski definition) is 2. The topological polar surface area (TPSA) is 109 Å². The number of nitrogens with zero attached hydrogens (tertiary/aromatic N) is 2. The Labute approximate surface area is 168 Å². The Bertz CT molecular complexity index is 932. The summed E-state index contributed by atoms with van der Waals surface area (Å²) in [5.74, 6) is -1.63. The van der Waals surface area contributed by atoms with E-state index >= 15 is 0 Å². The van der Waals surface area contributed by atoms with E-state index in [0.717, 1.165) is 0 Å². The number of aromatic nitrogens is 1. The third-order valence-corrected chi connectivity index (χ3v) is 4.65. The molecule has 0 radical (unpaired) electrons. The highest BCUT2D eigenvalue weighted by Gasteiger charge is 2.26. The lowest BCUT2D eigenvalue weighted by Gasteiger charge is -2.35. The summed E-state index contributed by atoms with van der Waals surface area (Å²) < 4.78 is 5.66. The second kappa shape index (κ2) is 8.40. The van der Waals surface area contributed by atoms with Gasteiger partial charge in [-0.3, -0.25) is 9.59 Å². The van der Waals surface area contributed by atoms with Crippen molar-refractivity contribution in [1.29, 1.82) is 0 Å². The second-order valence-electron chi connectivity index (χ2n) is 7.13. The highest BCUT2D eigenvalue weighted by atomic mass is 16.5. The average Bonchev–Trinajstić information content (AvgIpc) is 2.66. The summed E-state index contributed by atoms with van der Waals surface area (Å²) >= 11 is 0. The first-order valence-electron chi connectivity index (χ1n) is 9.31. The molecule has 1 aromatic carbocycles. The summed E-state index contributed by atoms with van der Waals surface area (Å²) in [6.07, 6.45) is -0.0190. The van der Waals surface area contributed by atoms with E-state index in [9.17, 15) is 14.4 Å². The summed E-state index contributed by atoms with van der Waals surface area (Å²) in [7, 11) is 0. The molecule has 0 spiro atoms. The number of carbonyl (C=O) groups excluding carboxylic acids is 2. The molecule has 2 heterocycles. The predicted molar refractivity (Wildman–Crippen MR) is 106 cm³/mol. The Morgan fingerprint density at radius 1 is 1.07 bits per heavy atom. The first-order valence-corrected chi connectivity index (χ1v) is 9.31. The Kier molecular flexibility index (Phi) is 5.93. The number of amides is 2.